The summed E-state index contributed by atoms with van der Waals surface area (Å²) in [5.74, 6) is 0.886. The molecule has 21 heavy (non-hydrogen) atoms. The molecule has 0 radical (unpaired) electrons. The molecule has 2 unspecified atom stereocenters. The van der Waals surface area contributed by atoms with E-state index in [1.54, 1.807) is 0 Å². The quantitative estimate of drug-likeness (QED) is 0.824. The molecule has 2 nitrogen and oxygen atoms in total. The molecule has 0 spiro atoms. The predicted octanol–water partition coefficient (Wildman–Crippen LogP) is 4.45. The van der Waals surface area contributed by atoms with Crippen LogP contribution in [0.2, 0.25) is 0 Å². The van der Waals surface area contributed by atoms with Gasteiger partial charge in [-0.25, -0.2) is 0 Å². The third kappa shape index (κ3) is 5.25. The molecule has 2 heteroatoms. The van der Waals surface area contributed by atoms with Gasteiger partial charge in [-0.1, -0.05) is 26.2 Å². The number of piperidine rings is 1. The summed E-state index contributed by atoms with van der Waals surface area (Å²) in [6.07, 6.45) is 9.98. The molecular formula is C19H38N2. The van der Waals surface area contributed by atoms with Gasteiger partial charge in [0, 0.05) is 31.2 Å². The predicted molar refractivity (Wildman–Crippen MR) is 92.7 cm³/mol. The van der Waals surface area contributed by atoms with Crippen LogP contribution in [-0.2, 0) is 0 Å². The van der Waals surface area contributed by atoms with Gasteiger partial charge in [-0.05, 0) is 64.7 Å². The molecule has 2 fully saturated rings. The van der Waals surface area contributed by atoms with Crippen molar-refractivity contribution in [2.75, 3.05) is 19.6 Å². The van der Waals surface area contributed by atoms with Crippen molar-refractivity contribution in [3.8, 4) is 0 Å². The highest BCUT2D eigenvalue weighted by Gasteiger charge is 2.37. The standard InChI is InChI=1S/C19H38N2/c1-16-9-10-17(2)21(13-16)15-19(11-7-6-8-12-19)14-20-18(3,4)5/h16-17,20H,6-15H2,1-5H3. The number of hydrogen-bond acceptors (Lipinski definition) is 2. The van der Waals surface area contributed by atoms with Crippen LogP contribution in [0.15, 0.2) is 0 Å². The molecule has 2 aliphatic rings. The van der Waals surface area contributed by atoms with Gasteiger partial charge in [0.1, 0.15) is 0 Å². The molecule has 1 heterocycles. The third-order valence-corrected chi connectivity index (χ3v) is 5.69. The van der Waals surface area contributed by atoms with E-state index >= 15 is 0 Å². The largest absolute Gasteiger partial charge is 0.311 e. The zero-order chi connectivity index (χ0) is 15.5. The molecule has 124 valence electrons. The monoisotopic (exact) mass is 294 g/mol. The first-order valence-corrected chi connectivity index (χ1v) is 9.29. The van der Waals surface area contributed by atoms with Crippen LogP contribution in [0, 0.1) is 11.3 Å². The first-order chi connectivity index (χ1) is 9.80. The summed E-state index contributed by atoms with van der Waals surface area (Å²) in [5, 5.41) is 3.82. The number of nitrogens with zero attached hydrogens (tertiary/aromatic N) is 1. The minimum Gasteiger partial charge on any atom is -0.311 e. The maximum Gasteiger partial charge on any atom is 0.00967 e. The van der Waals surface area contributed by atoms with Gasteiger partial charge in [-0.3, -0.25) is 4.90 Å². The summed E-state index contributed by atoms with van der Waals surface area (Å²) in [5.41, 5.74) is 0.766. The van der Waals surface area contributed by atoms with Gasteiger partial charge in [0.2, 0.25) is 0 Å². The Labute approximate surface area is 133 Å². The first-order valence-electron chi connectivity index (χ1n) is 9.29. The van der Waals surface area contributed by atoms with Crippen molar-refractivity contribution in [3.63, 3.8) is 0 Å². The molecule has 0 aromatic heterocycles. The Hall–Kier alpha value is -0.0800. The van der Waals surface area contributed by atoms with E-state index in [0.717, 1.165) is 12.0 Å². The zero-order valence-corrected chi connectivity index (χ0v) is 15.2. The highest BCUT2D eigenvalue weighted by molar-refractivity contribution is 4.92. The normalized spacial score (nSPS) is 31.3. The first kappa shape index (κ1) is 17.3. The van der Waals surface area contributed by atoms with Crippen LogP contribution in [-0.4, -0.2) is 36.1 Å². The fourth-order valence-corrected chi connectivity index (χ4v) is 4.18. The molecule has 2 rings (SSSR count). The number of likely N-dealkylation sites (tertiary alicyclic amines) is 1. The maximum atomic E-state index is 3.82. The lowest BCUT2D eigenvalue weighted by molar-refractivity contribution is 0.0415. The van der Waals surface area contributed by atoms with E-state index in [1.807, 2.05) is 0 Å². The average molecular weight is 295 g/mol. The van der Waals surface area contributed by atoms with E-state index < -0.39 is 0 Å². The van der Waals surface area contributed by atoms with Crippen LogP contribution in [0.4, 0.5) is 0 Å². The smallest absolute Gasteiger partial charge is 0.00967 e. The van der Waals surface area contributed by atoms with Crippen LogP contribution in [0.3, 0.4) is 0 Å². The van der Waals surface area contributed by atoms with Crippen LogP contribution in [0.1, 0.15) is 79.6 Å². The molecule has 1 saturated carbocycles. The second kappa shape index (κ2) is 7.00. The Morgan fingerprint density at radius 1 is 1.05 bits per heavy atom. The Bertz CT molecular complexity index is 312. The molecule has 2 atom stereocenters. The Morgan fingerprint density at radius 3 is 2.33 bits per heavy atom. The summed E-state index contributed by atoms with van der Waals surface area (Å²) < 4.78 is 0. The lowest BCUT2D eigenvalue weighted by atomic mass is 9.72. The van der Waals surface area contributed by atoms with Crippen molar-refractivity contribution in [2.24, 2.45) is 11.3 Å². The molecule has 0 aromatic rings. The van der Waals surface area contributed by atoms with Gasteiger partial charge in [0.05, 0.1) is 0 Å². The van der Waals surface area contributed by atoms with Gasteiger partial charge < -0.3 is 5.32 Å². The van der Waals surface area contributed by atoms with Crippen molar-refractivity contribution >= 4 is 0 Å². The molecule has 0 bridgehead atoms. The fourth-order valence-electron chi connectivity index (χ4n) is 4.18. The van der Waals surface area contributed by atoms with Crippen molar-refractivity contribution in [2.45, 2.75) is 91.1 Å². The van der Waals surface area contributed by atoms with Gasteiger partial charge in [0.25, 0.3) is 0 Å². The second-order valence-corrected chi connectivity index (χ2v) is 9.13. The van der Waals surface area contributed by atoms with E-state index in [9.17, 15) is 0 Å². The highest BCUT2D eigenvalue weighted by Crippen LogP contribution is 2.38. The van der Waals surface area contributed by atoms with Crippen LogP contribution >= 0.6 is 0 Å². The van der Waals surface area contributed by atoms with E-state index in [2.05, 4.69) is 44.8 Å². The topological polar surface area (TPSA) is 15.3 Å². The number of rotatable bonds is 4. The molecule has 0 aromatic carbocycles. The molecule has 1 aliphatic heterocycles. The van der Waals surface area contributed by atoms with E-state index in [-0.39, 0.29) is 5.54 Å². The van der Waals surface area contributed by atoms with Gasteiger partial charge in [-0.2, -0.15) is 0 Å². The lowest BCUT2D eigenvalue weighted by Gasteiger charge is -2.47. The van der Waals surface area contributed by atoms with Crippen LogP contribution in [0.5, 0.6) is 0 Å². The maximum absolute atomic E-state index is 3.82. The molecule has 1 aliphatic carbocycles. The summed E-state index contributed by atoms with van der Waals surface area (Å²) in [4.78, 5) is 2.81. The number of hydrogen-bond donors (Lipinski definition) is 1. The van der Waals surface area contributed by atoms with Gasteiger partial charge in [0.15, 0.2) is 0 Å². The van der Waals surface area contributed by atoms with Gasteiger partial charge >= 0.3 is 0 Å². The number of nitrogens with one attached hydrogen (secondary N) is 1. The average Bonchev–Trinajstić information content (AvgIpc) is 2.41. The molecular weight excluding hydrogens is 256 g/mol. The second-order valence-electron chi connectivity index (χ2n) is 9.13. The zero-order valence-electron chi connectivity index (χ0n) is 15.2. The van der Waals surface area contributed by atoms with Crippen molar-refractivity contribution in [1.29, 1.82) is 0 Å². The summed E-state index contributed by atoms with van der Waals surface area (Å²) in [6, 6.07) is 0.787. The van der Waals surface area contributed by atoms with Crippen LogP contribution < -0.4 is 5.32 Å². The summed E-state index contributed by atoms with van der Waals surface area (Å²) in [6.45, 7) is 15.6. The third-order valence-electron chi connectivity index (χ3n) is 5.69. The fraction of sp³-hybridized carbons (Fsp3) is 1.00. The molecule has 1 saturated heterocycles. The van der Waals surface area contributed by atoms with Crippen molar-refractivity contribution in [3.05, 3.63) is 0 Å². The van der Waals surface area contributed by atoms with E-state index in [4.69, 9.17) is 0 Å². The van der Waals surface area contributed by atoms with E-state index in [1.165, 1.54) is 64.6 Å². The molecule has 1 N–H and O–H groups in total. The Balaban J connectivity index is 2.01. The highest BCUT2D eigenvalue weighted by atomic mass is 15.2. The van der Waals surface area contributed by atoms with Crippen molar-refractivity contribution < 1.29 is 0 Å². The minimum atomic E-state index is 0.241. The van der Waals surface area contributed by atoms with Crippen molar-refractivity contribution in [1.82, 2.24) is 10.2 Å². The Morgan fingerprint density at radius 2 is 1.71 bits per heavy atom. The van der Waals surface area contributed by atoms with Gasteiger partial charge in [-0.15, -0.1) is 0 Å². The summed E-state index contributed by atoms with van der Waals surface area (Å²) >= 11 is 0. The minimum absolute atomic E-state index is 0.241. The summed E-state index contributed by atoms with van der Waals surface area (Å²) in [7, 11) is 0. The SMILES string of the molecule is CC1CCC(C)N(CC2(CNC(C)(C)C)CCCCC2)C1. The lowest BCUT2D eigenvalue weighted by Crippen LogP contribution is -2.53. The Kier molecular flexibility index (Phi) is 5.76. The van der Waals surface area contributed by atoms with Crippen LogP contribution in [0.25, 0.3) is 0 Å². The molecule has 0 amide bonds. The van der Waals surface area contributed by atoms with E-state index in [0.29, 0.717) is 5.41 Å².